The molecule has 1 atom stereocenters. The summed E-state index contributed by atoms with van der Waals surface area (Å²) in [7, 11) is 0. The van der Waals surface area contributed by atoms with Gasteiger partial charge in [-0.2, -0.15) is 0 Å². The lowest BCUT2D eigenvalue weighted by Gasteiger charge is -2.18. The largest absolute Gasteiger partial charge is 0.489 e. The number of benzene rings is 2. The number of likely N-dealkylation sites (tertiary alicyclic amines) is 1. The zero-order chi connectivity index (χ0) is 22.6. The fourth-order valence-corrected chi connectivity index (χ4v) is 3.79. The van der Waals surface area contributed by atoms with Gasteiger partial charge in [0, 0.05) is 44.1 Å². The number of ether oxygens (including phenoxy) is 1. The Bertz CT molecular complexity index is 904. The van der Waals surface area contributed by atoms with Gasteiger partial charge in [0.05, 0.1) is 6.54 Å². The van der Waals surface area contributed by atoms with Gasteiger partial charge in [-0.05, 0) is 25.0 Å². The van der Waals surface area contributed by atoms with E-state index in [9.17, 15) is 4.79 Å². The molecular weight excluding hydrogens is 527 g/mol. The number of halogens is 1. The normalized spacial score (nSPS) is 15.7. The molecule has 0 saturated carbocycles. The molecule has 1 heterocycles. The third-order valence-corrected chi connectivity index (χ3v) is 5.45. The van der Waals surface area contributed by atoms with E-state index < -0.39 is 0 Å². The van der Waals surface area contributed by atoms with Gasteiger partial charge < -0.3 is 20.3 Å². The SMILES string of the molecule is C=CCOc1ccccc1CN=C(NCC)NCC1CC(=O)N(CCc2ccccc2)C1.I. The smallest absolute Gasteiger partial charge is 0.223 e. The number of hydrogen-bond donors (Lipinski definition) is 2. The van der Waals surface area contributed by atoms with Gasteiger partial charge >= 0.3 is 0 Å². The van der Waals surface area contributed by atoms with Gasteiger partial charge in [-0.1, -0.05) is 61.2 Å². The third kappa shape index (κ3) is 8.72. The molecule has 33 heavy (non-hydrogen) atoms. The minimum absolute atomic E-state index is 0. The Labute approximate surface area is 214 Å². The lowest BCUT2D eigenvalue weighted by atomic mass is 10.1. The van der Waals surface area contributed by atoms with E-state index >= 15 is 0 Å². The second-order valence-electron chi connectivity index (χ2n) is 7.93. The summed E-state index contributed by atoms with van der Waals surface area (Å²) in [6.45, 7) is 9.77. The molecule has 1 amide bonds. The quantitative estimate of drug-likeness (QED) is 0.188. The number of nitrogens with zero attached hydrogens (tertiary/aromatic N) is 2. The molecule has 0 radical (unpaired) electrons. The van der Waals surface area contributed by atoms with Gasteiger partial charge in [-0.25, -0.2) is 4.99 Å². The molecule has 2 N–H and O–H groups in total. The standard InChI is InChI=1S/C26H34N4O2.HI/c1-3-16-32-24-13-9-8-12-23(24)19-29-26(27-4-2)28-18-22-17-25(31)30(20-22)15-14-21-10-6-5-7-11-21;/h3,5-13,22H,1,4,14-20H2,2H3,(H2,27,28,29);1H. The van der Waals surface area contributed by atoms with Crippen LogP contribution in [0.15, 0.2) is 72.2 Å². The summed E-state index contributed by atoms with van der Waals surface area (Å²) in [5.41, 5.74) is 2.29. The molecule has 1 fully saturated rings. The van der Waals surface area contributed by atoms with Gasteiger partial charge in [0.15, 0.2) is 5.96 Å². The maximum Gasteiger partial charge on any atom is 0.223 e. The summed E-state index contributed by atoms with van der Waals surface area (Å²) in [5, 5.41) is 6.71. The number of nitrogens with one attached hydrogen (secondary N) is 2. The average Bonchev–Trinajstić information content (AvgIpc) is 3.18. The Morgan fingerprint density at radius 3 is 2.70 bits per heavy atom. The van der Waals surface area contributed by atoms with E-state index in [1.807, 2.05) is 54.3 Å². The highest BCUT2D eigenvalue weighted by atomic mass is 127. The van der Waals surface area contributed by atoms with Gasteiger partial charge in [0.1, 0.15) is 12.4 Å². The maximum absolute atomic E-state index is 12.4. The summed E-state index contributed by atoms with van der Waals surface area (Å²) in [4.78, 5) is 19.1. The molecule has 0 aromatic heterocycles. The first-order valence-electron chi connectivity index (χ1n) is 11.3. The van der Waals surface area contributed by atoms with Crippen molar-refractivity contribution in [3.05, 3.63) is 78.4 Å². The fraction of sp³-hybridized carbons (Fsp3) is 0.385. The molecular formula is C26H35IN4O2. The van der Waals surface area contributed by atoms with E-state index in [1.165, 1.54) is 5.56 Å². The van der Waals surface area contributed by atoms with Gasteiger partial charge in [0.2, 0.25) is 5.91 Å². The zero-order valence-corrected chi connectivity index (χ0v) is 21.7. The summed E-state index contributed by atoms with van der Waals surface area (Å²) < 4.78 is 5.73. The Kier molecular flexibility index (Phi) is 11.8. The first-order valence-corrected chi connectivity index (χ1v) is 11.3. The van der Waals surface area contributed by atoms with Crippen LogP contribution in [0.25, 0.3) is 0 Å². The molecule has 6 nitrogen and oxygen atoms in total. The van der Waals surface area contributed by atoms with E-state index in [0.717, 1.165) is 43.3 Å². The van der Waals surface area contributed by atoms with Gasteiger partial charge in [0.25, 0.3) is 0 Å². The van der Waals surface area contributed by atoms with Crippen molar-refractivity contribution in [1.82, 2.24) is 15.5 Å². The Morgan fingerprint density at radius 2 is 1.94 bits per heavy atom. The van der Waals surface area contributed by atoms with Crippen molar-refractivity contribution in [2.75, 3.05) is 32.8 Å². The molecule has 0 aliphatic carbocycles. The first kappa shape index (κ1) is 26.7. The van der Waals surface area contributed by atoms with Crippen molar-refractivity contribution < 1.29 is 9.53 Å². The number of para-hydroxylation sites is 1. The van der Waals surface area contributed by atoms with Crippen molar-refractivity contribution in [3.8, 4) is 5.75 Å². The van der Waals surface area contributed by atoms with E-state index in [1.54, 1.807) is 6.08 Å². The molecule has 2 aromatic carbocycles. The summed E-state index contributed by atoms with van der Waals surface area (Å²) >= 11 is 0. The summed E-state index contributed by atoms with van der Waals surface area (Å²) in [6, 6.07) is 18.2. The van der Waals surface area contributed by atoms with Crippen LogP contribution in [-0.2, 0) is 17.8 Å². The molecule has 2 aromatic rings. The number of amides is 1. The lowest BCUT2D eigenvalue weighted by molar-refractivity contribution is -0.127. The molecule has 3 rings (SSSR count). The lowest BCUT2D eigenvalue weighted by Crippen LogP contribution is -2.40. The number of hydrogen-bond acceptors (Lipinski definition) is 3. The van der Waals surface area contributed by atoms with E-state index in [4.69, 9.17) is 9.73 Å². The maximum atomic E-state index is 12.4. The van der Waals surface area contributed by atoms with Crippen LogP contribution in [0.5, 0.6) is 5.75 Å². The van der Waals surface area contributed by atoms with Crippen LogP contribution in [0.3, 0.4) is 0 Å². The van der Waals surface area contributed by atoms with Gasteiger partial charge in [-0.15, -0.1) is 24.0 Å². The van der Waals surface area contributed by atoms with Gasteiger partial charge in [-0.3, -0.25) is 4.79 Å². The zero-order valence-electron chi connectivity index (χ0n) is 19.3. The van der Waals surface area contributed by atoms with Crippen LogP contribution in [-0.4, -0.2) is 49.6 Å². The predicted molar refractivity (Wildman–Crippen MR) is 145 cm³/mol. The third-order valence-electron chi connectivity index (χ3n) is 5.45. The average molecular weight is 562 g/mol. The van der Waals surface area contributed by atoms with Crippen molar-refractivity contribution >= 4 is 35.8 Å². The second kappa shape index (κ2) is 14.6. The number of aliphatic imine (C=N–C) groups is 1. The highest BCUT2D eigenvalue weighted by molar-refractivity contribution is 14.0. The van der Waals surface area contributed by atoms with Crippen molar-refractivity contribution in [1.29, 1.82) is 0 Å². The molecule has 178 valence electrons. The minimum Gasteiger partial charge on any atom is -0.489 e. The first-order chi connectivity index (χ1) is 15.7. The second-order valence-corrected chi connectivity index (χ2v) is 7.93. The van der Waals surface area contributed by atoms with E-state index in [2.05, 4.69) is 29.3 Å². The van der Waals surface area contributed by atoms with Crippen LogP contribution in [0, 0.1) is 5.92 Å². The number of guanidine groups is 1. The van der Waals surface area contributed by atoms with Crippen LogP contribution in [0.1, 0.15) is 24.5 Å². The number of carbonyl (C=O) groups excluding carboxylic acids is 1. The highest BCUT2D eigenvalue weighted by Gasteiger charge is 2.29. The van der Waals surface area contributed by atoms with Crippen LogP contribution < -0.4 is 15.4 Å². The van der Waals surface area contributed by atoms with Crippen molar-refractivity contribution in [2.45, 2.75) is 26.3 Å². The summed E-state index contributed by atoms with van der Waals surface area (Å²) in [6.07, 6.45) is 3.21. The Morgan fingerprint density at radius 1 is 1.18 bits per heavy atom. The fourth-order valence-electron chi connectivity index (χ4n) is 3.79. The number of rotatable bonds is 11. The summed E-state index contributed by atoms with van der Waals surface area (Å²) in [5.74, 6) is 2.09. The molecule has 0 spiro atoms. The van der Waals surface area contributed by atoms with E-state index in [0.29, 0.717) is 26.1 Å². The molecule has 1 aliphatic heterocycles. The minimum atomic E-state index is 0. The molecule has 0 bridgehead atoms. The van der Waals surface area contributed by atoms with Crippen LogP contribution in [0.2, 0.25) is 0 Å². The molecule has 1 saturated heterocycles. The van der Waals surface area contributed by atoms with Crippen LogP contribution in [0.4, 0.5) is 0 Å². The molecule has 1 unspecified atom stereocenters. The number of carbonyl (C=O) groups is 1. The Balaban J connectivity index is 0.00000385. The highest BCUT2D eigenvalue weighted by Crippen LogP contribution is 2.19. The van der Waals surface area contributed by atoms with Crippen molar-refractivity contribution in [3.63, 3.8) is 0 Å². The molecule has 1 aliphatic rings. The predicted octanol–water partition coefficient (Wildman–Crippen LogP) is 4.02. The monoisotopic (exact) mass is 562 g/mol. The Hall–Kier alpha value is -2.55. The van der Waals surface area contributed by atoms with Crippen molar-refractivity contribution in [2.24, 2.45) is 10.9 Å². The topological polar surface area (TPSA) is 66.0 Å². The van der Waals surface area contributed by atoms with E-state index in [-0.39, 0.29) is 35.8 Å². The molecule has 7 heteroatoms. The van der Waals surface area contributed by atoms with Crippen LogP contribution >= 0.6 is 24.0 Å².